The number of hydrogen-bond donors (Lipinski definition) is 2. The van der Waals surface area contributed by atoms with Crippen molar-refractivity contribution in [3.05, 3.63) is 33.8 Å². The average molecular weight is 497 g/mol. The highest BCUT2D eigenvalue weighted by atomic mass is 79.9. The maximum Gasteiger partial charge on any atom is 0.338 e. The molecule has 0 radical (unpaired) electrons. The van der Waals surface area contributed by atoms with E-state index < -0.39 is 23.1 Å². The molecule has 3 rings (SSSR count). The normalized spacial score (nSPS) is 19.1. The van der Waals surface area contributed by atoms with Crippen LogP contribution in [0.4, 0.5) is 0 Å². The number of carbonyl (C=O) groups is 2. The van der Waals surface area contributed by atoms with Gasteiger partial charge in [0, 0.05) is 42.0 Å². The number of esters is 2. The SMILES string of the molecule is CC(C)(OC(=O)c1cc(Br)cc(C(=O)OC(C)(C)C2CC[NH2+]CC2)c1)C1CC[NH2+]CC1. The lowest BCUT2D eigenvalue weighted by Gasteiger charge is -2.36. The van der Waals surface area contributed by atoms with Crippen LogP contribution in [0.25, 0.3) is 0 Å². The Kier molecular flexibility index (Phi) is 7.81. The van der Waals surface area contributed by atoms with Crippen LogP contribution in [-0.2, 0) is 9.47 Å². The summed E-state index contributed by atoms with van der Waals surface area (Å²) < 4.78 is 12.5. The zero-order chi connectivity index (χ0) is 22.6. The van der Waals surface area contributed by atoms with Gasteiger partial charge in [0.05, 0.1) is 37.3 Å². The molecule has 0 aromatic heterocycles. The van der Waals surface area contributed by atoms with Crippen LogP contribution >= 0.6 is 15.9 Å². The Bertz CT molecular complexity index is 735. The van der Waals surface area contributed by atoms with Crippen LogP contribution in [0.15, 0.2) is 22.7 Å². The lowest BCUT2D eigenvalue weighted by Crippen LogP contribution is -2.86. The molecule has 31 heavy (non-hydrogen) atoms. The van der Waals surface area contributed by atoms with E-state index in [1.807, 2.05) is 27.7 Å². The number of rotatable bonds is 6. The summed E-state index contributed by atoms with van der Waals surface area (Å²) >= 11 is 3.44. The van der Waals surface area contributed by atoms with E-state index in [0.29, 0.717) is 27.4 Å². The van der Waals surface area contributed by atoms with Crippen LogP contribution in [0.5, 0.6) is 0 Å². The summed E-state index contributed by atoms with van der Waals surface area (Å²) in [5.41, 5.74) is -0.369. The molecule has 1 aromatic carbocycles. The van der Waals surface area contributed by atoms with Crippen molar-refractivity contribution in [2.45, 2.75) is 64.6 Å². The standard InChI is InChI=1S/C24H35BrN2O4/c1-23(2,18-5-9-26-10-6-18)30-21(28)16-13-17(15-20(25)14-16)22(29)31-24(3,4)19-7-11-27-12-8-19/h13-15,18-19,26-27H,5-12H2,1-4H3/p+2. The van der Waals surface area contributed by atoms with Crippen molar-refractivity contribution in [1.29, 1.82) is 0 Å². The van der Waals surface area contributed by atoms with Gasteiger partial charge in [0.15, 0.2) is 0 Å². The number of piperidine rings is 2. The fraction of sp³-hybridized carbons (Fsp3) is 0.667. The summed E-state index contributed by atoms with van der Waals surface area (Å²) in [6.45, 7) is 12.2. The summed E-state index contributed by atoms with van der Waals surface area (Å²) in [5.74, 6) is -0.132. The largest absolute Gasteiger partial charge is 0.456 e. The first kappa shape index (κ1) is 24.2. The quantitative estimate of drug-likeness (QED) is 0.591. The topological polar surface area (TPSA) is 85.8 Å². The number of ether oxygens (including phenoxy) is 2. The van der Waals surface area contributed by atoms with Crippen molar-refractivity contribution in [3.63, 3.8) is 0 Å². The summed E-state index contributed by atoms with van der Waals surface area (Å²) in [5, 5.41) is 4.60. The molecule has 1 aromatic rings. The van der Waals surface area contributed by atoms with E-state index in [1.54, 1.807) is 18.2 Å². The van der Waals surface area contributed by atoms with Crippen molar-refractivity contribution in [2.24, 2.45) is 11.8 Å². The molecule has 7 heteroatoms. The summed E-state index contributed by atoms with van der Waals surface area (Å²) in [4.78, 5) is 25.9. The molecule has 0 saturated carbocycles. The second-order valence-corrected chi connectivity index (χ2v) is 10.9. The zero-order valence-corrected chi connectivity index (χ0v) is 20.8. The highest BCUT2D eigenvalue weighted by molar-refractivity contribution is 9.10. The summed E-state index contributed by atoms with van der Waals surface area (Å²) in [6.07, 6.45) is 4.13. The minimum atomic E-state index is -0.547. The fourth-order valence-electron chi connectivity index (χ4n) is 4.83. The maximum atomic E-state index is 13.0. The number of hydrogen-bond acceptors (Lipinski definition) is 4. The molecule has 4 N–H and O–H groups in total. The smallest absolute Gasteiger partial charge is 0.338 e. The molecule has 172 valence electrons. The Morgan fingerprint density at radius 1 is 0.774 bits per heavy atom. The molecule has 2 aliphatic heterocycles. The van der Waals surface area contributed by atoms with E-state index in [0.717, 1.165) is 51.9 Å². The molecule has 0 bridgehead atoms. The first-order valence-electron chi connectivity index (χ1n) is 11.5. The van der Waals surface area contributed by atoms with Gasteiger partial charge in [-0.15, -0.1) is 0 Å². The van der Waals surface area contributed by atoms with Crippen LogP contribution < -0.4 is 10.6 Å². The van der Waals surface area contributed by atoms with Gasteiger partial charge in [-0.05, 0) is 45.9 Å². The molecule has 2 aliphatic rings. The molecule has 0 amide bonds. The summed E-state index contributed by atoms with van der Waals surface area (Å²) in [6, 6.07) is 4.99. The van der Waals surface area contributed by atoms with Crippen molar-refractivity contribution in [1.82, 2.24) is 0 Å². The van der Waals surface area contributed by atoms with E-state index in [4.69, 9.17) is 9.47 Å². The molecule has 6 nitrogen and oxygen atoms in total. The highest BCUT2D eigenvalue weighted by Gasteiger charge is 2.37. The zero-order valence-electron chi connectivity index (χ0n) is 19.2. The van der Waals surface area contributed by atoms with Gasteiger partial charge in [0.25, 0.3) is 0 Å². The van der Waals surface area contributed by atoms with E-state index in [-0.39, 0.29) is 0 Å². The first-order chi connectivity index (χ1) is 14.6. The Morgan fingerprint density at radius 2 is 1.13 bits per heavy atom. The third-order valence-electron chi connectivity index (χ3n) is 6.92. The number of nitrogens with two attached hydrogens (primary N) is 2. The van der Waals surface area contributed by atoms with Crippen LogP contribution in [0.2, 0.25) is 0 Å². The van der Waals surface area contributed by atoms with Gasteiger partial charge >= 0.3 is 11.9 Å². The first-order valence-corrected chi connectivity index (χ1v) is 12.3. The van der Waals surface area contributed by atoms with Crippen molar-refractivity contribution in [2.75, 3.05) is 26.2 Å². The van der Waals surface area contributed by atoms with E-state index in [2.05, 4.69) is 26.6 Å². The predicted molar refractivity (Wildman–Crippen MR) is 122 cm³/mol. The molecule has 2 fully saturated rings. The van der Waals surface area contributed by atoms with Gasteiger partial charge in [-0.2, -0.15) is 0 Å². The maximum absolute atomic E-state index is 13.0. The van der Waals surface area contributed by atoms with Crippen molar-refractivity contribution >= 4 is 27.9 Å². The van der Waals surface area contributed by atoms with Crippen molar-refractivity contribution < 1.29 is 29.7 Å². The monoisotopic (exact) mass is 496 g/mol. The minimum Gasteiger partial charge on any atom is -0.456 e. The van der Waals surface area contributed by atoms with Gasteiger partial charge in [-0.25, -0.2) is 9.59 Å². The van der Waals surface area contributed by atoms with Crippen LogP contribution in [-0.4, -0.2) is 49.3 Å². The van der Waals surface area contributed by atoms with E-state index in [9.17, 15) is 9.59 Å². The highest BCUT2D eigenvalue weighted by Crippen LogP contribution is 2.31. The second kappa shape index (κ2) is 10.0. The van der Waals surface area contributed by atoms with Gasteiger partial charge in [-0.1, -0.05) is 15.9 Å². The Balaban J connectivity index is 1.71. The third-order valence-corrected chi connectivity index (χ3v) is 7.38. The fourth-order valence-corrected chi connectivity index (χ4v) is 5.32. The molecule has 2 heterocycles. The Labute approximate surface area is 194 Å². The predicted octanol–water partition coefficient (Wildman–Crippen LogP) is 2.27. The van der Waals surface area contributed by atoms with Gasteiger partial charge in [-0.3, -0.25) is 0 Å². The lowest BCUT2D eigenvalue weighted by atomic mass is 9.83. The molecule has 2 saturated heterocycles. The Hall–Kier alpha value is -1.44. The van der Waals surface area contributed by atoms with Gasteiger partial charge in [0.2, 0.25) is 0 Å². The van der Waals surface area contributed by atoms with E-state index in [1.165, 1.54) is 0 Å². The number of carbonyl (C=O) groups excluding carboxylic acids is 2. The Morgan fingerprint density at radius 3 is 1.48 bits per heavy atom. The minimum absolute atomic E-state index is 0.339. The molecule has 0 spiro atoms. The molecular weight excluding hydrogens is 460 g/mol. The number of quaternary nitrogens is 2. The molecule has 0 unspecified atom stereocenters. The van der Waals surface area contributed by atoms with Crippen LogP contribution in [0, 0.1) is 11.8 Å². The summed E-state index contributed by atoms with van der Waals surface area (Å²) in [7, 11) is 0. The lowest BCUT2D eigenvalue weighted by molar-refractivity contribution is -0.666. The third kappa shape index (κ3) is 6.30. The average Bonchev–Trinajstić information content (AvgIpc) is 2.74. The van der Waals surface area contributed by atoms with Crippen LogP contribution in [0.3, 0.4) is 0 Å². The molecule has 0 aliphatic carbocycles. The number of benzene rings is 1. The van der Waals surface area contributed by atoms with E-state index >= 15 is 0 Å². The molecule has 0 atom stereocenters. The molecular formula is C24H37BrN2O4+2. The number of halogens is 1. The van der Waals surface area contributed by atoms with Crippen molar-refractivity contribution in [3.8, 4) is 0 Å². The second-order valence-electron chi connectivity index (χ2n) is 10.00. The van der Waals surface area contributed by atoms with Gasteiger partial charge in [0.1, 0.15) is 11.2 Å². The van der Waals surface area contributed by atoms with Crippen LogP contribution in [0.1, 0.15) is 74.1 Å². The van der Waals surface area contributed by atoms with Gasteiger partial charge < -0.3 is 20.1 Å².